The highest BCUT2D eigenvalue weighted by molar-refractivity contribution is 5.98. The minimum Gasteiger partial charge on any atom is -0.496 e. The number of hydrogen-bond donors (Lipinski definition) is 1. The molecule has 1 aromatic heterocycles. The van der Waals surface area contributed by atoms with E-state index in [1.807, 2.05) is 37.3 Å². The van der Waals surface area contributed by atoms with Gasteiger partial charge in [-0.1, -0.05) is 24.3 Å². The minimum atomic E-state index is 0.0483. The number of aromatic nitrogens is 1. The molecule has 6 nitrogen and oxygen atoms in total. The van der Waals surface area contributed by atoms with Crippen molar-refractivity contribution in [1.82, 2.24) is 15.2 Å². The molecule has 0 atom stereocenters. The number of fused-ring (bicyclic) bond motifs is 1. The second-order valence-electron chi connectivity index (χ2n) is 7.63. The van der Waals surface area contributed by atoms with Crippen molar-refractivity contribution in [3.05, 3.63) is 47.9 Å². The van der Waals surface area contributed by atoms with Crippen LogP contribution in [-0.2, 0) is 11.3 Å². The third kappa shape index (κ3) is 4.12. The lowest BCUT2D eigenvalue weighted by Crippen LogP contribution is -2.43. The van der Waals surface area contributed by atoms with Gasteiger partial charge in [0.05, 0.1) is 12.8 Å². The summed E-state index contributed by atoms with van der Waals surface area (Å²) in [5.74, 6) is 2.38. The average molecular weight is 393 g/mol. The van der Waals surface area contributed by atoms with Crippen molar-refractivity contribution in [3.8, 4) is 17.2 Å². The van der Waals surface area contributed by atoms with Gasteiger partial charge in [0.25, 0.3) is 0 Å². The van der Waals surface area contributed by atoms with Crippen LogP contribution in [0.2, 0.25) is 0 Å². The van der Waals surface area contributed by atoms with Gasteiger partial charge in [-0.15, -0.1) is 0 Å². The van der Waals surface area contributed by atoms with E-state index < -0.39 is 0 Å². The number of aryl methyl sites for hydroxylation is 1. The molecule has 0 spiro atoms. The molecule has 1 saturated heterocycles. The fourth-order valence-electron chi connectivity index (χ4n) is 4.06. The highest BCUT2D eigenvalue weighted by atomic mass is 16.5. The molecule has 2 heterocycles. The summed E-state index contributed by atoms with van der Waals surface area (Å²) in [5, 5.41) is 5.13. The van der Waals surface area contributed by atoms with Crippen molar-refractivity contribution in [2.45, 2.75) is 39.3 Å². The van der Waals surface area contributed by atoms with E-state index in [-0.39, 0.29) is 11.9 Å². The van der Waals surface area contributed by atoms with Crippen LogP contribution in [0.4, 0.5) is 0 Å². The van der Waals surface area contributed by atoms with Gasteiger partial charge >= 0.3 is 0 Å². The Balaban J connectivity index is 1.54. The zero-order valence-electron chi connectivity index (χ0n) is 17.2. The number of rotatable bonds is 5. The lowest BCUT2D eigenvalue weighted by Gasteiger charge is -2.31. The van der Waals surface area contributed by atoms with E-state index in [0.717, 1.165) is 66.0 Å². The molecule has 152 valence electrons. The molecular weight excluding hydrogens is 366 g/mol. The number of carbonyl (C=O) groups is 1. The van der Waals surface area contributed by atoms with Gasteiger partial charge in [-0.3, -0.25) is 9.69 Å². The van der Waals surface area contributed by atoms with Crippen LogP contribution in [0.5, 0.6) is 5.75 Å². The van der Waals surface area contributed by atoms with Crippen LogP contribution in [0.1, 0.15) is 31.2 Å². The molecule has 6 heteroatoms. The molecule has 1 aliphatic rings. The number of benzene rings is 2. The van der Waals surface area contributed by atoms with Gasteiger partial charge in [0, 0.05) is 43.5 Å². The van der Waals surface area contributed by atoms with Gasteiger partial charge in [-0.25, -0.2) is 4.98 Å². The fourth-order valence-corrected chi connectivity index (χ4v) is 4.06. The molecule has 3 aromatic rings. The van der Waals surface area contributed by atoms with Crippen LogP contribution in [0.3, 0.4) is 0 Å². The second kappa shape index (κ2) is 8.25. The molecule has 1 amide bonds. The largest absolute Gasteiger partial charge is 0.496 e. The topological polar surface area (TPSA) is 67.6 Å². The van der Waals surface area contributed by atoms with E-state index in [4.69, 9.17) is 14.1 Å². The number of methoxy groups -OCH3 is 1. The minimum absolute atomic E-state index is 0.0483. The van der Waals surface area contributed by atoms with Crippen LogP contribution in [0.15, 0.2) is 40.8 Å². The van der Waals surface area contributed by atoms with Crippen LogP contribution < -0.4 is 10.1 Å². The number of amides is 1. The van der Waals surface area contributed by atoms with Crippen molar-refractivity contribution in [2.75, 3.05) is 20.2 Å². The summed E-state index contributed by atoms with van der Waals surface area (Å²) in [6, 6.07) is 12.4. The lowest BCUT2D eigenvalue weighted by atomic mass is 10.0. The van der Waals surface area contributed by atoms with Gasteiger partial charge < -0.3 is 14.5 Å². The average Bonchev–Trinajstić information content (AvgIpc) is 3.08. The number of oxazole rings is 1. The highest BCUT2D eigenvalue weighted by Gasteiger charge is 2.22. The first-order valence-electron chi connectivity index (χ1n) is 10.1. The molecule has 0 radical (unpaired) electrons. The molecule has 1 fully saturated rings. The number of ether oxygens (including phenoxy) is 1. The summed E-state index contributed by atoms with van der Waals surface area (Å²) in [4.78, 5) is 18.4. The molecule has 1 aliphatic heterocycles. The summed E-state index contributed by atoms with van der Waals surface area (Å²) in [6.45, 7) is 6.20. The molecule has 0 saturated carbocycles. The molecule has 2 aromatic carbocycles. The molecule has 1 N–H and O–H groups in total. The zero-order chi connectivity index (χ0) is 20.4. The molecular formula is C23H27N3O3. The Kier molecular flexibility index (Phi) is 5.53. The maximum Gasteiger partial charge on any atom is 0.227 e. The van der Waals surface area contributed by atoms with E-state index in [2.05, 4.69) is 16.3 Å². The first kappa shape index (κ1) is 19.5. The van der Waals surface area contributed by atoms with E-state index in [1.165, 1.54) is 0 Å². The number of nitrogens with zero attached hydrogens (tertiary/aromatic N) is 2. The number of nitrogens with one attached hydrogen (secondary N) is 1. The van der Waals surface area contributed by atoms with Crippen LogP contribution in [-0.4, -0.2) is 42.0 Å². The number of hydrogen-bond acceptors (Lipinski definition) is 5. The molecule has 0 unspecified atom stereocenters. The Labute approximate surface area is 170 Å². The van der Waals surface area contributed by atoms with Crippen molar-refractivity contribution in [2.24, 2.45) is 0 Å². The van der Waals surface area contributed by atoms with Crippen LogP contribution in [0, 0.1) is 6.92 Å². The van der Waals surface area contributed by atoms with Gasteiger partial charge in [-0.2, -0.15) is 0 Å². The second-order valence-corrected chi connectivity index (χ2v) is 7.63. The van der Waals surface area contributed by atoms with Gasteiger partial charge in [-0.05, 0) is 37.3 Å². The summed E-state index contributed by atoms with van der Waals surface area (Å²) in [5.41, 5.74) is 1.94. The number of carbonyl (C=O) groups excluding carboxylic acids is 1. The Bertz CT molecular complexity index is 1020. The van der Waals surface area contributed by atoms with Crippen molar-refractivity contribution in [1.29, 1.82) is 0 Å². The number of piperidine rings is 1. The normalized spacial score (nSPS) is 15.6. The molecule has 4 rings (SSSR count). The lowest BCUT2D eigenvalue weighted by molar-refractivity contribution is -0.119. The van der Waals surface area contributed by atoms with E-state index >= 15 is 0 Å². The smallest absolute Gasteiger partial charge is 0.227 e. The summed E-state index contributed by atoms with van der Waals surface area (Å²) in [7, 11) is 1.68. The van der Waals surface area contributed by atoms with Crippen molar-refractivity contribution < 1.29 is 13.9 Å². The summed E-state index contributed by atoms with van der Waals surface area (Å²) in [6.07, 6.45) is 1.93. The van der Waals surface area contributed by atoms with Gasteiger partial charge in [0.2, 0.25) is 11.8 Å². The van der Waals surface area contributed by atoms with Gasteiger partial charge in [0.15, 0.2) is 0 Å². The third-order valence-corrected chi connectivity index (χ3v) is 5.60. The SMILES string of the molecule is COc1ccc(-c2nc(CN3CCC(NC(C)=O)CC3)c(C)o2)c2ccccc12. The predicted molar refractivity (Wildman–Crippen MR) is 113 cm³/mol. The highest BCUT2D eigenvalue weighted by Crippen LogP contribution is 2.34. The Morgan fingerprint density at radius 1 is 1.21 bits per heavy atom. The summed E-state index contributed by atoms with van der Waals surface area (Å²) < 4.78 is 11.6. The monoisotopic (exact) mass is 393 g/mol. The first-order valence-corrected chi connectivity index (χ1v) is 10.1. The first-order chi connectivity index (χ1) is 14.0. The van der Waals surface area contributed by atoms with E-state index in [1.54, 1.807) is 14.0 Å². The Morgan fingerprint density at radius 3 is 2.62 bits per heavy atom. The van der Waals surface area contributed by atoms with E-state index in [9.17, 15) is 4.79 Å². The standard InChI is InChI=1S/C23H27N3O3/c1-15-21(14-26-12-10-17(11-13-26)24-16(2)27)25-23(29-15)20-8-9-22(28-3)19-7-5-4-6-18(19)20/h4-9,17H,10-14H2,1-3H3,(H,24,27). The van der Waals surface area contributed by atoms with Gasteiger partial charge in [0.1, 0.15) is 11.5 Å². The van der Waals surface area contributed by atoms with Crippen molar-refractivity contribution >= 4 is 16.7 Å². The fraction of sp³-hybridized carbons (Fsp3) is 0.391. The van der Waals surface area contributed by atoms with Crippen molar-refractivity contribution in [3.63, 3.8) is 0 Å². The molecule has 0 aliphatic carbocycles. The Hall–Kier alpha value is -2.86. The molecule has 0 bridgehead atoms. The zero-order valence-corrected chi connectivity index (χ0v) is 17.2. The predicted octanol–water partition coefficient (Wildman–Crippen LogP) is 3.91. The maximum absolute atomic E-state index is 11.2. The van der Waals surface area contributed by atoms with Crippen LogP contribution in [0.25, 0.3) is 22.2 Å². The molecule has 29 heavy (non-hydrogen) atoms. The summed E-state index contributed by atoms with van der Waals surface area (Å²) >= 11 is 0. The quantitative estimate of drug-likeness (QED) is 0.712. The third-order valence-electron chi connectivity index (χ3n) is 5.60. The number of likely N-dealkylation sites (tertiary alicyclic amines) is 1. The Morgan fingerprint density at radius 2 is 1.93 bits per heavy atom. The van der Waals surface area contributed by atoms with E-state index in [0.29, 0.717) is 5.89 Å². The van der Waals surface area contributed by atoms with Crippen LogP contribution >= 0.6 is 0 Å². The maximum atomic E-state index is 11.2.